The molecule has 2 aliphatic rings. The molecule has 0 aromatic heterocycles. The van der Waals surface area contributed by atoms with Crippen molar-refractivity contribution >= 4 is 28.9 Å². The van der Waals surface area contributed by atoms with Crippen LogP contribution in [0.5, 0.6) is 0 Å². The highest BCUT2D eigenvalue weighted by Crippen LogP contribution is 2.39. The van der Waals surface area contributed by atoms with E-state index in [0.717, 1.165) is 30.0 Å². The molecule has 0 spiro atoms. The summed E-state index contributed by atoms with van der Waals surface area (Å²) in [4.78, 5) is 14.1. The van der Waals surface area contributed by atoms with Crippen molar-refractivity contribution in [2.24, 2.45) is 0 Å². The predicted octanol–water partition coefficient (Wildman–Crippen LogP) is 2.17. The summed E-state index contributed by atoms with van der Waals surface area (Å²) in [6.07, 6.45) is 0.329. The van der Waals surface area contributed by atoms with Gasteiger partial charge in [-0.05, 0) is 33.0 Å². The van der Waals surface area contributed by atoms with Crippen molar-refractivity contribution in [1.29, 1.82) is 0 Å². The number of hydrogen-bond acceptors (Lipinski definition) is 4. The van der Waals surface area contributed by atoms with Crippen molar-refractivity contribution in [1.82, 2.24) is 5.32 Å². The lowest BCUT2D eigenvalue weighted by Gasteiger charge is -2.37. The van der Waals surface area contributed by atoms with Crippen LogP contribution in [0.15, 0.2) is 12.1 Å². The highest BCUT2D eigenvalue weighted by molar-refractivity contribution is 6.33. The number of benzene rings is 1. The molecule has 2 heterocycles. The van der Waals surface area contributed by atoms with Gasteiger partial charge >= 0.3 is 0 Å². The number of rotatable bonds is 2. The van der Waals surface area contributed by atoms with Crippen molar-refractivity contribution in [3.05, 3.63) is 22.7 Å². The fourth-order valence-corrected chi connectivity index (χ4v) is 3.47. The summed E-state index contributed by atoms with van der Waals surface area (Å²) >= 11 is 6.46. The second-order valence-electron chi connectivity index (χ2n) is 5.76. The van der Waals surface area contributed by atoms with Crippen LogP contribution >= 0.6 is 11.6 Å². The SMILES string of the molecule is CNC1C(=O)Nc2cc(N3C[C@@H](C)O[C@@H](C)C3)c(Cl)cc21. The molecule has 1 unspecified atom stereocenters. The normalized spacial score (nSPS) is 28.5. The van der Waals surface area contributed by atoms with E-state index in [4.69, 9.17) is 16.3 Å². The first kappa shape index (κ1) is 14.6. The molecule has 1 saturated heterocycles. The summed E-state index contributed by atoms with van der Waals surface area (Å²) in [6, 6.07) is 3.53. The Hall–Kier alpha value is -1.30. The Kier molecular flexibility index (Phi) is 3.82. The minimum absolute atomic E-state index is 0.0376. The average molecular weight is 310 g/mol. The molecule has 0 radical (unpaired) electrons. The van der Waals surface area contributed by atoms with Gasteiger partial charge in [-0.1, -0.05) is 11.6 Å². The van der Waals surface area contributed by atoms with E-state index < -0.39 is 0 Å². The Balaban J connectivity index is 1.95. The number of nitrogens with zero attached hydrogens (tertiary/aromatic N) is 1. The van der Waals surface area contributed by atoms with Crippen LogP contribution in [0.2, 0.25) is 5.02 Å². The molecule has 0 aliphatic carbocycles. The van der Waals surface area contributed by atoms with Gasteiger partial charge in [-0.3, -0.25) is 4.79 Å². The molecule has 0 bridgehead atoms. The molecule has 3 atom stereocenters. The molecule has 0 saturated carbocycles. The molecule has 1 fully saturated rings. The molecule has 3 rings (SSSR count). The van der Waals surface area contributed by atoms with Crippen molar-refractivity contribution in [3.63, 3.8) is 0 Å². The first-order valence-electron chi connectivity index (χ1n) is 7.21. The first-order chi connectivity index (χ1) is 9.99. The zero-order valence-corrected chi connectivity index (χ0v) is 13.2. The molecular formula is C15H20ClN3O2. The lowest BCUT2D eigenvalue weighted by molar-refractivity contribution is -0.117. The number of morpholine rings is 1. The van der Waals surface area contributed by atoms with Gasteiger partial charge in [0.2, 0.25) is 5.91 Å². The monoisotopic (exact) mass is 309 g/mol. The van der Waals surface area contributed by atoms with Gasteiger partial charge in [-0.2, -0.15) is 0 Å². The van der Waals surface area contributed by atoms with Crippen molar-refractivity contribution in [2.75, 3.05) is 30.4 Å². The lowest BCUT2D eigenvalue weighted by atomic mass is 10.1. The molecule has 5 nitrogen and oxygen atoms in total. The second-order valence-corrected chi connectivity index (χ2v) is 6.17. The van der Waals surface area contributed by atoms with Crippen molar-refractivity contribution in [2.45, 2.75) is 32.1 Å². The maximum absolute atomic E-state index is 11.9. The molecule has 2 aliphatic heterocycles. The minimum Gasteiger partial charge on any atom is -0.372 e. The first-order valence-corrected chi connectivity index (χ1v) is 7.59. The second kappa shape index (κ2) is 5.48. The Morgan fingerprint density at radius 2 is 2.00 bits per heavy atom. The summed E-state index contributed by atoms with van der Waals surface area (Å²) in [7, 11) is 1.77. The van der Waals surface area contributed by atoms with E-state index in [1.54, 1.807) is 7.05 Å². The van der Waals surface area contributed by atoms with E-state index in [0.29, 0.717) is 5.02 Å². The standard InChI is InChI=1S/C15H20ClN3O2/c1-8-6-19(7-9(2)21-8)13-5-12-10(4-11(13)16)14(17-3)15(20)18-12/h4-5,8-9,14,17H,6-7H2,1-3H3,(H,18,20)/t8-,9+,14?. The lowest BCUT2D eigenvalue weighted by Crippen LogP contribution is -2.45. The molecule has 1 aromatic carbocycles. The Labute approximate surface area is 129 Å². The number of likely N-dealkylation sites (N-methyl/N-ethyl adjacent to an activating group) is 1. The Morgan fingerprint density at radius 3 is 2.62 bits per heavy atom. The number of halogens is 1. The van der Waals surface area contributed by atoms with E-state index >= 15 is 0 Å². The van der Waals surface area contributed by atoms with Gasteiger partial charge in [-0.15, -0.1) is 0 Å². The number of nitrogens with one attached hydrogen (secondary N) is 2. The molecule has 6 heteroatoms. The van der Waals surface area contributed by atoms with Crippen molar-refractivity contribution < 1.29 is 9.53 Å². The topological polar surface area (TPSA) is 53.6 Å². The number of ether oxygens (including phenoxy) is 1. The molecule has 1 amide bonds. The van der Waals surface area contributed by atoms with E-state index in [2.05, 4.69) is 29.4 Å². The quantitative estimate of drug-likeness (QED) is 0.879. The van der Waals surface area contributed by atoms with Gasteiger partial charge in [0.05, 0.1) is 22.9 Å². The number of amides is 1. The summed E-state index contributed by atoms with van der Waals surface area (Å²) in [5.74, 6) is -0.0376. The third kappa shape index (κ3) is 2.61. The number of carbonyl (C=O) groups excluding carboxylic acids is 1. The molecule has 2 N–H and O–H groups in total. The number of anilines is 2. The van der Waals surface area contributed by atoms with Crippen LogP contribution in [0.25, 0.3) is 0 Å². The van der Waals surface area contributed by atoms with Crippen LogP contribution in [0.1, 0.15) is 25.5 Å². The van der Waals surface area contributed by atoms with E-state index in [1.165, 1.54) is 0 Å². The van der Waals surface area contributed by atoms with Crippen LogP contribution in [0.4, 0.5) is 11.4 Å². The highest BCUT2D eigenvalue weighted by atomic mass is 35.5. The zero-order valence-electron chi connectivity index (χ0n) is 12.4. The van der Waals surface area contributed by atoms with Crippen LogP contribution < -0.4 is 15.5 Å². The van der Waals surface area contributed by atoms with E-state index in [-0.39, 0.29) is 24.2 Å². The summed E-state index contributed by atoms with van der Waals surface area (Å²) < 4.78 is 5.76. The number of fused-ring (bicyclic) bond motifs is 1. The molecular weight excluding hydrogens is 290 g/mol. The average Bonchev–Trinajstić information content (AvgIpc) is 2.71. The van der Waals surface area contributed by atoms with Gasteiger partial charge in [0.25, 0.3) is 0 Å². The molecule has 114 valence electrons. The number of hydrogen-bond donors (Lipinski definition) is 2. The number of carbonyl (C=O) groups is 1. The van der Waals surface area contributed by atoms with Crippen LogP contribution in [0, 0.1) is 0 Å². The highest BCUT2D eigenvalue weighted by Gasteiger charge is 2.32. The maximum atomic E-state index is 11.9. The fraction of sp³-hybridized carbons (Fsp3) is 0.533. The Morgan fingerprint density at radius 1 is 1.33 bits per heavy atom. The summed E-state index contributed by atoms with van der Waals surface area (Å²) in [6.45, 7) is 5.71. The summed E-state index contributed by atoms with van der Waals surface area (Å²) in [5.41, 5.74) is 2.70. The minimum atomic E-state index is -0.325. The van der Waals surface area contributed by atoms with Gasteiger partial charge in [0.1, 0.15) is 6.04 Å². The van der Waals surface area contributed by atoms with Crippen molar-refractivity contribution in [3.8, 4) is 0 Å². The zero-order chi connectivity index (χ0) is 15.1. The molecule has 21 heavy (non-hydrogen) atoms. The van der Waals surface area contributed by atoms with Crippen LogP contribution in [-0.2, 0) is 9.53 Å². The third-order valence-corrected chi connectivity index (χ3v) is 4.30. The Bertz CT molecular complexity index is 568. The maximum Gasteiger partial charge on any atom is 0.246 e. The van der Waals surface area contributed by atoms with Crippen LogP contribution in [0.3, 0.4) is 0 Å². The third-order valence-electron chi connectivity index (χ3n) is 4.00. The van der Waals surface area contributed by atoms with Gasteiger partial charge < -0.3 is 20.3 Å². The van der Waals surface area contributed by atoms with E-state index in [1.807, 2.05) is 12.1 Å². The van der Waals surface area contributed by atoms with Crippen LogP contribution in [-0.4, -0.2) is 38.3 Å². The summed E-state index contributed by atoms with van der Waals surface area (Å²) in [5, 5.41) is 6.59. The smallest absolute Gasteiger partial charge is 0.246 e. The largest absolute Gasteiger partial charge is 0.372 e. The fourth-order valence-electron chi connectivity index (χ4n) is 3.17. The predicted molar refractivity (Wildman–Crippen MR) is 84.1 cm³/mol. The van der Waals surface area contributed by atoms with Gasteiger partial charge in [0, 0.05) is 24.3 Å². The van der Waals surface area contributed by atoms with Gasteiger partial charge in [-0.25, -0.2) is 0 Å². The van der Waals surface area contributed by atoms with E-state index in [9.17, 15) is 4.79 Å². The molecule has 1 aromatic rings. The van der Waals surface area contributed by atoms with Gasteiger partial charge in [0.15, 0.2) is 0 Å².